The molecule has 6 heteroatoms. The van der Waals surface area contributed by atoms with Crippen molar-refractivity contribution in [2.24, 2.45) is 0 Å². The Morgan fingerprint density at radius 1 is 0.698 bits per heavy atom. The van der Waals surface area contributed by atoms with E-state index in [1.807, 2.05) is 67.6 Å². The normalized spacial score (nSPS) is 12.6. The molecule has 0 radical (unpaired) electrons. The van der Waals surface area contributed by atoms with Gasteiger partial charge in [-0.3, -0.25) is 4.79 Å². The Balaban J connectivity index is 1.21. The van der Waals surface area contributed by atoms with Gasteiger partial charge in [-0.25, -0.2) is 0 Å². The van der Waals surface area contributed by atoms with Crippen LogP contribution >= 0.6 is 0 Å². The van der Waals surface area contributed by atoms with Gasteiger partial charge in [0.15, 0.2) is 5.78 Å². The highest BCUT2D eigenvalue weighted by Crippen LogP contribution is 2.40. The lowest BCUT2D eigenvalue weighted by atomic mass is 9.97. The van der Waals surface area contributed by atoms with Crippen molar-refractivity contribution < 1.29 is 28.5 Å². The van der Waals surface area contributed by atoms with E-state index in [9.17, 15) is 4.79 Å². The van der Waals surface area contributed by atoms with E-state index in [0.717, 1.165) is 12.0 Å². The van der Waals surface area contributed by atoms with Crippen LogP contribution in [-0.2, 0) is 25.4 Å². The zero-order valence-corrected chi connectivity index (χ0v) is 24.6. The summed E-state index contributed by atoms with van der Waals surface area (Å²) in [5.74, 6) is 0.663. The lowest BCUT2D eigenvalue weighted by Crippen LogP contribution is -2.19. The molecule has 0 aromatic heterocycles. The molecule has 1 atom stereocenters. The highest BCUT2D eigenvalue weighted by atomic mass is 16.6. The summed E-state index contributed by atoms with van der Waals surface area (Å²) >= 11 is 0. The fraction of sp³-hybridized carbons (Fsp3) is 0.270. The topological polar surface area (TPSA) is 63.2 Å². The van der Waals surface area contributed by atoms with E-state index in [2.05, 4.69) is 42.5 Å². The Morgan fingerprint density at radius 2 is 1.35 bits per heavy atom. The summed E-state index contributed by atoms with van der Waals surface area (Å²) in [6, 6.07) is 31.5. The monoisotopic (exact) mass is 578 g/mol. The molecule has 6 nitrogen and oxygen atoms in total. The van der Waals surface area contributed by atoms with Crippen LogP contribution in [0.1, 0.15) is 45.6 Å². The van der Waals surface area contributed by atoms with Crippen LogP contribution in [-0.4, -0.2) is 52.0 Å². The molecule has 222 valence electrons. The molecule has 0 saturated carbocycles. The molecule has 0 N–H and O–H groups in total. The number of hydrogen-bond donors (Lipinski definition) is 0. The Hall–Kier alpha value is -4.23. The van der Waals surface area contributed by atoms with Crippen molar-refractivity contribution in [3.05, 3.63) is 137 Å². The van der Waals surface area contributed by atoms with Gasteiger partial charge in [-0.1, -0.05) is 78.9 Å². The third kappa shape index (κ3) is 8.20. The van der Waals surface area contributed by atoms with E-state index < -0.39 is 0 Å². The minimum Gasteiger partial charge on any atom is -0.499 e. The second-order valence-corrected chi connectivity index (χ2v) is 10.2. The predicted octanol–water partition coefficient (Wildman–Crippen LogP) is 7.21. The second-order valence-electron chi connectivity index (χ2n) is 10.2. The van der Waals surface area contributed by atoms with Gasteiger partial charge in [0.25, 0.3) is 0 Å². The van der Waals surface area contributed by atoms with Crippen LogP contribution in [0.4, 0.5) is 0 Å². The van der Waals surface area contributed by atoms with E-state index in [1.165, 1.54) is 22.3 Å². The standard InChI is InChI=1S/C37H38O6/c1-2-19-39-20-21-40-22-23-41-24-25-42-27-36(34-14-8-13-33-32-12-7-6-11-30(32)26-35(33)34)43-31-17-15-29(16-18-31)37(38)28-9-4-3-5-10-28/h2-19,36H,20-27H2,1H3. The molecule has 0 bridgehead atoms. The molecule has 0 fully saturated rings. The first-order valence-electron chi connectivity index (χ1n) is 14.8. The summed E-state index contributed by atoms with van der Waals surface area (Å²) in [6.07, 6.45) is 4.02. The minimum atomic E-state index is -0.333. The summed E-state index contributed by atoms with van der Waals surface area (Å²) in [4.78, 5) is 12.9. The number of allylic oxidation sites excluding steroid dienone is 1. The van der Waals surface area contributed by atoms with Gasteiger partial charge in [-0.05, 0) is 65.4 Å². The highest BCUT2D eigenvalue weighted by Gasteiger charge is 2.25. The van der Waals surface area contributed by atoms with Gasteiger partial charge in [-0.15, -0.1) is 0 Å². The smallest absolute Gasteiger partial charge is 0.193 e. The summed E-state index contributed by atoms with van der Waals surface area (Å²) < 4.78 is 29.0. The van der Waals surface area contributed by atoms with Crippen molar-refractivity contribution >= 4 is 5.78 Å². The van der Waals surface area contributed by atoms with Crippen LogP contribution in [0.25, 0.3) is 11.1 Å². The molecule has 0 aliphatic heterocycles. The molecular weight excluding hydrogens is 540 g/mol. The van der Waals surface area contributed by atoms with Crippen LogP contribution in [0, 0.1) is 0 Å². The number of carbonyl (C=O) groups is 1. The SMILES string of the molecule is CC=COCCOCCOCCOCC(Oc1ccc(C(=O)c2ccccc2)cc1)c1cccc2c1Cc1ccccc1-2. The number of ether oxygens (including phenoxy) is 5. The lowest BCUT2D eigenvalue weighted by molar-refractivity contribution is -0.00921. The molecule has 1 aliphatic rings. The van der Waals surface area contributed by atoms with Crippen molar-refractivity contribution in [2.75, 3.05) is 46.2 Å². The molecule has 0 heterocycles. The van der Waals surface area contributed by atoms with Crippen LogP contribution < -0.4 is 4.74 Å². The van der Waals surface area contributed by atoms with Crippen LogP contribution in [0.5, 0.6) is 5.75 Å². The number of benzene rings is 4. The van der Waals surface area contributed by atoms with Crippen molar-refractivity contribution in [3.8, 4) is 16.9 Å². The Labute approximate surface area is 253 Å². The molecule has 4 aromatic carbocycles. The van der Waals surface area contributed by atoms with E-state index in [0.29, 0.717) is 63.1 Å². The zero-order chi connectivity index (χ0) is 29.7. The maximum absolute atomic E-state index is 12.9. The maximum atomic E-state index is 12.9. The lowest BCUT2D eigenvalue weighted by Gasteiger charge is -2.22. The number of ketones is 1. The Bertz CT molecular complexity index is 1480. The zero-order valence-electron chi connectivity index (χ0n) is 24.6. The fourth-order valence-electron chi connectivity index (χ4n) is 5.18. The van der Waals surface area contributed by atoms with Gasteiger partial charge in [0.1, 0.15) is 18.5 Å². The van der Waals surface area contributed by atoms with Crippen molar-refractivity contribution in [1.82, 2.24) is 0 Å². The molecular formula is C37H38O6. The van der Waals surface area contributed by atoms with Gasteiger partial charge in [-0.2, -0.15) is 0 Å². The van der Waals surface area contributed by atoms with Crippen LogP contribution in [0.2, 0.25) is 0 Å². The fourth-order valence-corrected chi connectivity index (χ4v) is 5.18. The molecule has 0 amide bonds. The van der Waals surface area contributed by atoms with Crippen LogP contribution in [0.15, 0.2) is 109 Å². The average Bonchev–Trinajstić information content (AvgIpc) is 3.44. The summed E-state index contributed by atoms with van der Waals surface area (Å²) in [7, 11) is 0. The minimum absolute atomic E-state index is 0.0157. The molecule has 5 rings (SSSR count). The van der Waals surface area contributed by atoms with Gasteiger partial charge in [0, 0.05) is 11.1 Å². The van der Waals surface area contributed by atoms with Gasteiger partial charge in [0.05, 0.1) is 45.9 Å². The second kappa shape index (κ2) is 15.8. The van der Waals surface area contributed by atoms with E-state index in [-0.39, 0.29) is 11.9 Å². The van der Waals surface area contributed by atoms with Gasteiger partial charge < -0.3 is 23.7 Å². The number of carbonyl (C=O) groups excluding carboxylic acids is 1. The number of rotatable bonds is 17. The van der Waals surface area contributed by atoms with Crippen molar-refractivity contribution in [2.45, 2.75) is 19.4 Å². The Kier molecular flexibility index (Phi) is 11.1. The largest absolute Gasteiger partial charge is 0.499 e. The van der Waals surface area contributed by atoms with Crippen LogP contribution in [0.3, 0.4) is 0 Å². The molecule has 4 aromatic rings. The van der Waals surface area contributed by atoms with Crippen molar-refractivity contribution in [1.29, 1.82) is 0 Å². The molecule has 1 unspecified atom stereocenters. The van der Waals surface area contributed by atoms with Gasteiger partial charge >= 0.3 is 0 Å². The average molecular weight is 579 g/mol. The highest BCUT2D eigenvalue weighted by molar-refractivity contribution is 6.09. The van der Waals surface area contributed by atoms with Crippen molar-refractivity contribution in [3.63, 3.8) is 0 Å². The number of fused-ring (bicyclic) bond motifs is 3. The summed E-state index contributed by atoms with van der Waals surface area (Å²) in [5, 5.41) is 0. The quantitative estimate of drug-likeness (QED) is 0.0660. The molecule has 0 saturated heterocycles. The third-order valence-corrected chi connectivity index (χ3v) is 7.26. The number of hydrogen-bond acceptors (Lipinski definition) is 6. The Morgan fingerprint density at radius 3 is 2.12 bits per heavy atom. The molecule has 1 aliphatic carbocycles. The van der Waals surface area contributed by atoms with E-state index in [4.69, 9.17) is 23.7 Å². The van der Waals surface area contributed by atoms with Gasteiger partial charge in [0.2, 0.25) is 0 Å². The first-order valence-corrected chi connectivity index (χ1v) is 14.8. The van der Waals surface area contributed by atoms with E-state index in [1.54, 1.807) is 6.26 Å². The molecule has 0 spiro atoms. The summed E-state index contributed by atoms with van der Waals surface area (Å²) in [6.45, 7) is 5.20. The third-order valence-electron chi connectivity index (χ3n) is 7.26. The first kappa shape index (κ1) is 30.2. The first-order chi connectivity index (χ1) is 21.2. The molecule has 43 heavy (non-hydrogen) atoms. The maximum Gasteiger partial charge on any atom is 0.193 e. The predicted molar refractivity (Wildman–Crippen MR) is 168 cm³/mol. The summed E-state index contributed by atoms with van der Waals surface area (Å²) in [5.41, 5.74) is 7.48. The van der Waals surface area contributed by atoms with E-state index >= 15 is 0 Å².